The lowest BCUT2D eigenvalue weighted by Crippen LogP contribution is -2.38. The molecule has 2 N–H and O–H groups in total. The zero-order chi connectivity index (χ0) is 23.4. The lowest BCUT2D eigenvalue weighted by molar-refractivity contribution is 0.0951. The molecule has 33 heavy (non-hydrogen) atoms. The highest BCUT2D eigenvalue weighted by molar-refractivity contribution is 7.98. The Balaban J connectivity index is 1.39. The summed E-state index contributed by atoms with van der Waals surface area (Å²) >= 11 is 18.8. The fourth-order valence-electron chi connectivity index (χ4n) is 2.85. The maximum atomic E-state index is 12.6. The van der Waals surface area contributed by atoms with Gasteiger partial charge in [-0.3, -0.25) is 15.5 Å². The number of aryl methyl sites for hydroxylation is 1. The number of thiocarbonyl (C=S) groups is 1. The van der Waals surface area contributed by atoms with E-state index in [1.165, 1.54) is 11.8 Å². The van der Waals surface area contributed by atoms with Crippen LogP contribution < -0.4 is 10.7 Å². The van der Waals surface area contributed by atoms with Crippen molar-refractivity contribution in [1.82, 2.24) is 20.2 Å². The van der Waals surface area contributed by atoms with Crippen molar-refractivity contribution < 1.29 is 9.21 Å². The van der Waals surface area contributed by atoms with Gasteiger partial charge in [0.1, 0.15) is 11.6 Å². The Labute approximate surface area is 209 Å². The molecule has 0 spiro atoms. The quantitative estimate of drug-likeness (QED) is 0.250. The molecule has 2 aromatic carbocycles. The average molecular weight is 518 g/mol. The number of hydrogen-bond acceptors (Lipinski definition) is 6. The molecule has 0 saturated carbocycles. The Morgan fingerprint density at radius 2 is 1.88 bits per heavy atom. The lowest BCUT2D eigenvalue weighted by atomic mass is 10.2. The molecule has 0 radical (unpaired) electrons. The second-order valence-corrected chi connectivity index (χ2v) is 8.99. The number of carbonyl (C=O) groups excluding carboxylic acids is 1. The van der Waals surface area contributed by atoms with E-state index in [2.05, 4.69) is 20.9 Å². The van der Waals surface area contributed by atoms with Crippen LogP contribution in [0.5, 0.6) is 0 Å². The maximum absolute atomic E-state index is 12.6. The van der Waals surface area contributed by atoms with Gasteiger partial charge in [0.25, 0.3) is 5.91 Å². The number of furan rings is 1. The van der Waals surface area contributed by atoms with E-state index in [-0.39, 0.29) is 10.9 Å². The van der Waals surface area contributed by atoms with E-state index >= 15 is 0 Å². The van der Waals surface area contributed by atoms with Gasteiger partial charge in [0.15, 0.2) is 10.9 Å². The normalized spacial score (nSPS) is 10.8. The Bertz CT molecular complexity index is 1310. The van der Waals surface area contributed by atoms with Crippen molar-refractivity contribution in [3.8, 4) is 11.3 Å². The number of rotatable bonds is 6. The third kappa shape index (κ3) is 5.75. The number of nitrogens with zero attached hydrogens (tertiary/aromatic N) is 3. The van der Waals surface area contributed by atoms with Gasteiger partial charge in [0.2, 0.25) is 5.16 Å². The van der Waals surface area contributed by atoms with Crippen LogP contribution in [0.4, 0.5) is 0 Å². The Morgan fingerprint density at radius 3 is 2.64 bits per heavy atom. The molecule has 7 nitrogen and oxygen atoms in total. The standard InChI is InChI=1S/C22H17Cl2N5O2S2/c1-13-26-27-22(33-12-14-5-3-2-4-6-14)29(13)28-21(32)25-20(30)19-10-9-18(31-19)15-7-8-16(23)17(24)11-15/h2-11H,12H2,1H3,(H2,25,28,30,32). The Kier molecular flexibility index (Phi) is 7.34. The molecule has 0 aliphatic heterocycles. The van der Waals surface area contributed by atoms with Crippen molar-refractivity contribution in [3.05, 3.63) is 87.9 Å². The summed E-state index contributed by atoms with van der Waals surface area (Å²) in [5.74, 6) is 1.39. The van der Waals surface area contributed by atoms with E-state index < -0.39 is 5.91 Å². The molecule has 0 aliphatic carbocycles. The predicted octanol–water partition coefficient (Wildman–Crippen LogP) is 5.70. The number of benzene rings is 2. The van der Waals surface area contributed by atoms with Crippen LogP contribution in [0.2, 0.25) is 10.0 Å². The minimum Gasteiger partial charge on any atom is -0.451 e. The summed E-state index contributed by atoms with van der Waals surface area (Å²) in [6, 6.07) is 18.3. The van der Waals surface area contributed by atoms with E-state index in [0.29, 0.717) is 38.1 Å². The summed E-state index contributed by atoms with van der Waals surface area (Å²) in [5, 5.41) is 12.4. The molecule has 11 heteroatoms. The first-order valence-corrected chi connectivity index (χ1v) is 11.8. The second kappa shape index (κ2) is 10.4. The zero-order valence-electron chi connectivity index (χ0n) is 17.2. The second-order valence-electron chi connectivity index (χ2n) is 6.83. The lowest BCUT2D eigenvalue weighted by Gasteiger charge is -2.12. The van der Waals surface area contributed by atoms with Gasteiger partial charge in [-0.15, -0.1) is 10.2 Å². The number of thioether (sulfide) groups is 1. The fourth-order valence-corrected chi connectivity index (χ4v) is 4.22. The highest BCUT2D eigenvalue weighted by Crippen LogP contribution is 2.29. The molecule has 168 valence electrons. The minimum atomic E-state index is -0.497. The van der Waals surface area contributed by atoms with Crippen molar-refractivity contribution in [2.75, 3.05) is 5.43 Å². The van der Waals surface area contributed by atoms with Gasteiger partial charge in [-0.2, -0.15) is 0 Å². The van der Waals surface area contributed by atoms with Crippen LogP contribution >= 0.6 is 47.2 Å². The van der Waals surface area contributed by atoms with Crippen LogP contribution in [0.3, 0.4) is 0 Å². The number of nitrogens with one attached hydrogen (secondary N) is 2. The first kappa shape index (κ1) is 23.3. The van der Waals surface area contributed by atoms with Crippen LogP contribution in [-0.4, -0.2) is 25.9 Å². The van der Waals surface area contributed by atoms with Crippen LogP contribution in [-0.2, 0) is 5.75 Å². The molecular weight excluding hydrogens is 501 g/mol. The molecule has 0 unspecified atom stereocenters. The van der Waals surface area contributed by atoms with Gasteiger partial charge < -0.3 is 4.42 Å². The van der Waals surface area contributed by atoms with Crippen molar-refractivity contribution >= 4 is 58.2 Å². The van der Waals surface area contributed by atoms with Crippen LogP contribution in [0.1, 0.15) is 21.9 Å². The van der Waals surface area contributed by atoms with E-state index in [1.54, 1.807) is 41.9 Å². The summed E-state index contributed by atoms with van der Waals surface area (Å²) in [7, 11) is 0. The van der Waals surface area contributed by atoms with E-state index in [0.717, 1.165) is 5.56 Å². The van der Waals surface area contributed by atoms with Crippen LogP contribution in [0, 0.1) is 6.92 Å². The fraction of sp³-hybridized carbons (Fsp3) is 0.0909. The third-order valence-corrected chi connectivity index (χ3v) is 6.41. The summed E-state index contributed by atoms with van der Waals surface area (Å²) in [6.07, 6.45) is 0. The molecule has 4 aromatic rings. The predicted molar refractivity (Wildman–Crippen MR) is 134 cm³/mol. The molecule has 2 heterocycles. The Hall–Kier alpha value is -2.85. The molecule has 1 amide bonds. The molecule has 0 atom stereocenters. The van der Waals surface area contributed by atoms with Gasteiger partial charge >= 0.3 is 0 Å². The minimum absolute atomic E-state index is 0.0805. The molecule has 4 rings (SSSR count). The van der Waals surface area contributed by atoms with E-state index in [1.807, 2.05) is 30.3 Å². The van der Waals surface area contributed by atoms with Gasteiger partial charge in [-0.05, 0) is 55.0 Å². The molecule has 2 aromatic heterocycles. The topological polar surface area (TPSA) is 85.0 Å². The van der Waals surface area contributed by atoms with Gasteiger partial charge in [0.05, 0.1) is 10.0 Å². The average Bonchev–Trinajstić information content (AvgIpc) is 3.43. The maximum Gasteiger partial charge on any atom is 0.293 e. The number of hydrogen-bond donors (Lipinski definition) is 2. The molecule has 0 fully saturated rings. The first-order valence-electron chi connectivity index (χ1n) is 9.67. The van der Waals surface area contributed by atoms with Gasteiger partial charge in [-0.25, -0.2) is 4.68 Å². The molecular formula is C22H17Cl2N5O2S2. The summed E-state index contributed by atoms with van der Waals surface area (Å²) < 4.78 is 7.29. The molecule has 0 aliphatic rings. The van der Waals surface area contributed by atoms with E-state index in [4.69, 9.17) is 39.8 Å². The highest BCUT2D eigenvalue weighted by atomic mass is 35.5. The zero-order valence-corrected chi connectivity index (χ0v) is 20.4. The van der Waals surface area contributed by atoms with Gasteiger partial charge in [-0.1, -0.05) is 65.3 Å². The number of halogens is 2. The summed E-state index contributed by atoms with van der Waals surface area (Å²) in [4.78, 5) is 12.6. The largest absolute Gasteiger partial charge is 0.451 e. The molecule has 0 saturated heterocycles. The van der Waals surface area contributed by atoms with Crippen molar-refractivity contribution in [2.45, 2.75) is 17.8 Å². The summed E-state index contributed by atoms with van der Waals surface area (Å²) in [6.45, 7) is 1.78. The van der Waals surface area contributed by atoms with Crippen LogP contribution in [0.15, 0.2) is 70.2 Å². The summed E-state index contributed by atoms with van der Waals surface area (Å²) in [5.41, 5.74) is 4.80. The molecule has 0 bridgehead atoms. The monoisotopic (exact) mass is 517 g/mol. The number of carbonyl (C=O) groups is 1. The van der Waals surface area contributed by atoms with Crippen molar-refractivity contribution in [3.63, 3.8) is 0 Å². The SMILES string of the molecule is Cc1nnc(SCc2ccccc2)n1NC(=S)NC(=O)c1ccc(-c2ccc(Cl)c(Cl)c2)o1. The first-order chi connectivity index (χ1) is 15.9. The highest BCUT2D eigenvalue weighted by Gasteiger charge is 2.16. The van der Waals surface area contributed by atoms with Crippen molar-refractivity contribution in [2.24, 2.45) is 0 Å². The van der Waals surface area contributed by atoms with E-state index in [9.17, 15) is 4.79 Å². The van der Waals surface area contributed by atoms with Crippen LogP contribution in [0.25, 0.3) is 11.3 Å². The van der Waals surface area contributed by atoms with Crippen molar-refractivity contribution in [1.29, 1.82) is 0 Å². The number of aromatic nitrogens is 3. The third-order valence-electron chi connectivity index (χ3n) is 4.48. The van der Waals surface area contributed by atoms with Gasteiger partial charge in [0, 0.05) is 11.3 Å². The Morgan fingerprint density at radius 1 is 1.09 bits per heavy atom. The number of amides is 1. The smallest absolute Gasteiger partial charge is 0.293 e.